The predicted molar refractivity (Wildman–Crippen MR) is 84.5 cm³/mol. The van der Waals surface area contributed by atoms with E-state index < -0.39 is 0 Å². The Morgan fingerprint density at radius 1 is 1.14 bits per heavy atom. The number of hydrogen-bond acceptors (Lipinski definition) is 5. The molecule has 3 rings (SSSR count). The summed E-state index contributed by atoms with van der Waals surface area (Å²) in [6.45, 7) is 2.97. The number of nitrogens with one attached hydrogen (secondary N) is 1. The molecule has 0 unspecified atom stereocenters. The molecule has 114 valence electrons. The summed E-state index contributed by atoms with van der Waals surface area (Å²) in [6, 6.07) is 10.8. The lowest BCUT2D eigenvalue weighted by molar-refractivity contribution is 0.102. The molecule has 1 aliphatic rings. The van der Waals surface area contributed by atoms with Gasteiger partial charge in [0, 0.05) is 13.1 Å². The number of halogens is 1. The lowest BCUT2D eigenvalue weighted by atomic mass is 10.2. The molecule has 7 heteroatoms. The van der Waals surface area contributed by atoms with Crippen molar-refractivity contribution in [3.05, 3.63) is 47.2 Å². The van der Waals surface area contributed by atoms with E-state index in [1.165, 1.54) is 6.07 Å². The summed E-state index contributed by atoms with van der Waals surface area (Å²) >= 11 is 5.68. The second-order valence-electron chi connectivity index (χ2n) is 4.81. The van der Waals surface area contributed by atoms with Gasteiger partial charge >= 0.3 is 0 Å². The Bertz CT molecular complexity index is 657. The molecule has 0 aliphatic carbocycles. The Balaban J connectivity index is 1.79. The van der Waals surface area contributed by atoms with Crippen molar-refractivity contribution in [2.45, 2.75) is 0 Å². The molecular formula is C15H15ClN4O2. The molecular weight excluding hydrogens is 304 g/mol. The molecule has 0 bridgehead atoms. The van der Waals surface area contributed by atoms with Gasteiger partial charge in [0.25, 0.3) is 5.91 Å². The maximum absolute atomic E-state index is 12.3. The highest BCUT2D eigenvalue weighted by atomic mass is 35.5. The third-order valence-electron chi connectivity index (χ3n) is 3.37. The van der Waals surface area contributed by atoms with E-state index in [1.807, 2.05) is 24.3 Å². The van der Waals surface area contributed by atoms with Crippen LogP contribution in [0.3, 0.4) is 0 Å². The van der Waals surface area contributed by atoms with E-state index >= 15 is 0 Å². The standard InChI is InChI=1S/C15H15ClN4O2/c16-14-6-5-12(18-19-14)15(21)17-11-3-1-2-4-13(11)20-7-9-22-10-8-20/h1-6H,7-10H2,(H,17,21). The number of carbonyl (C=O) groups excluding carboxylic acids is 1. The SMILES string of the molecule is O=C(Nc1ccccc1N1CCOCC1)c1ccc(Cl)nn1. The van der Waals surface area contributed by atoms with Gasteiger partial charge in [0.2, 0.25) is 0 Å². The van der Waals surface area contributed by atoms with Gasteiger partial charge in [-0.2, -0.15) is 0 Å². The fourth-order valence-corrected chi connectivity index (χ4v) is 2.38. The van der Waals surface area contributed by atoms with Crippen LogP contribution in [0, 0.1) is 0 Å². The monoisotopic (exact) mass is 318 g/mol. The molecule has 0 saturated carbocycles. The van der Waals surface area contributed by atoms with Crippen LogP contribution in [0.1, 0.15) is 10.5 Å². The van der Waals surface area contributed by atoms with Crippen molar-refractivity contribution in [3.8, 4) is 0 Å². The summed E-state index contributed by atoms with van der Waals surface area (Å²) in [6.07, 6.45) is 0. The molecule has 0 radical (unpaired) electrons. The number of benzene rings is 1. The van der Waals surface area contributed by atoms with Gasteiger partial charge in [-0.15, -0.1) is 10.2 Å². The zero-order chi connectivity index (χ0) is 15.4. The van der Waals surface area contributed by atoms with Crippen LogP contribution in [-0.2, 0) is 4.74 Å². The van der Waals surface area contributed by atoms with Crippen molar-refractivity contribution >= 4 is 28.9 Å². The summed E-state index contributed by atoms with van der Waals surface area (Å²) in [5.41, 5.74) is 1.94. The second-order valence-corrected chi connectivity index (χ2v) is 5.20. The van der Waals surface area contributed by atoms with Crippen LogP contribution in [0.4, 0.5) is 11.4 Å². The number of amides is 1. The summed E-state index contributed by atoms with van der Waals surface area (Å²) in [4.78, 5) is 14.4. The molecule has 1 amide bonds. The van der Waals surface area contributed by atoms with E-state index in [0.717, 1.165) is 24.5 Å². The van der Waals surface area contributed by atoms with Gasteiger partial charge in [0.05, 0.1) is 24.6 Å². The Morgan fingerprint density at radius 2 is 1.91 bits per heavy atom. The van der Waals surface area contributed by atoms with E-state index in [1.54, 1.807) is 6.07 Å². The number of morpholine rings is 1. The van der Waals surface area contributed by atoms with Crippen LogP contribution < -0.4 is 10.2 Å². The minimum atomic E-state index is -0.315. The lowest BCUT2D eigenvalue weighted by Gasteiger charge is -2.30. The van der Waals surface area contributed by atoms with Crippen LogP contribution in [-0.4, -0.2) is 42.4 Å². The van der Waals surface area contributed by atoms with Crippen molar-refractivity contribution in [1.82, 2.24) is 10.2 Å². The number of aromatic nitrogens is 2. The van der Waals surface area contributed by atoms with E-state index in [-0.39, 0.29) is 16.8 Å². The first-order valence-corrected chi connectivity index (χ1v) is 7.34. The van der Waals surface area contributed by atoms with Crippen LogP contribution in [0.2, 0.25) is 5.15 Å². The predicted octanol–water partition coefficient (Wildman–Crippen LogP) is 2.22. The molecule has 22 heavy (non-hydrogen) atoms. The zero-order valence-corrected chi connectivity index (χ0v) is 12.6. The van der Waals surface area contributed by atoms with Gasteiger partial charge in [0.1, 0.15) is 0 Å². The molecule has 1 fully saturated rings. The minimum Gasteiger partial charge on any atom is -0.378 e. The number of anilines is 2. The number of para-hydroxylation sites is 2. The molecule has 2 aromatic rings. The summed E-state index contributed by atoms with van der Waals surface area (Å²) < 4.78 is 5.36. The highest BCUT2D eigenvalue weighted by Crippen LogP contribution is 2.26. The van der Waals surface area contributed by atoms with Crippen molar-refractivity contribution in [2.75, 3.05) is 36.5 Å². The number of hydrogen-bond donors (Lipinski definition) is 1. The largest absolute Gasteiger partial charge is 0.378 e. The van der Waals surface area contributed by atoms with Crippen molar-refractivity contribution in [1.29, 1.82) is 0 Å². The normalized spacial score (nSPS) is 14.7. The van der Waals surface area contributed by atoms with E-state index in [9.17, 15) is 4.79 Å². The van der Waals surface area contributed by atoms with Gasteiger partial charge < -0.3 is 15.0 Å². The van der Waals surface area contributed by atoms with Crippen molar-refractivity contribution in [3.63, 3.8) is 0 Å². The third kappa shape index (κ3) is 3.35. The molecule has 1 aromatic heterocycles. The van der Waals surface area contributed by atoms with Crippen molar-refractivity contribution in [2.24, 2.45) is 0 Å². The van der Waals surface area contributed by atoms with Gasteiger partial charge in [0.15, 0.2) is 10.8 Å². The Kier molecular flexibility index (Phi) is 4.50. The first-order chi connectivity index (χ1) is 10.7. The maximum atomic E-state index is 12.3. The Morgan fingerprint density at radius 3 is 2.64 bits per heavy atom. The lowest BCUT2D eigenvalue weighted by Crippen LogP contribution is -2.36. The third-order valence-corrected chi connectivity index (χ3v) is 3.57. The van der Waals surface area contributed by atoms with Crippen LogP contribution in [0.5, 0.6) is 0 Å². The van der Waals surface area contributed by atoms with Crippen LogP contribution in [0.25, 0.3) is 0 Å². The number of nitrogens with zero attached hydrogens (tertiary/aromatic N) is 3. The van der Waals surface area contributed by atoms with Gasteiger partial charge in [-0.25, -0.2) is 0 Å². The molecule has 1 N–H and O–H groups in total. The molecule has 1 aromatic carbocycles. The average Bonchev–Trinajstić information content (AvgIpc) is 2.57. The summed E-state index contributed by atoms with van der Waals surface area (Å²) in [7, 11) is 0. The zero-order valence-electron chi connectivity index (χ0n) is 11.8. The van der Waals surface area contributed by atoms with Gasteiger partial charge in [-0.05, 0) is 24.3 Å². The van der Waals surface area contributed by atoms with Gasteiger partial charge in [-0.3, -0.25) is 4.79 Å². The maximum Gasteiger partial charge on any atom is 0.276 e. The van der Waals surface area contributed by atoms with Crippen molar-refractivity contribution < 1.29 is 9.53 Å². The fraction of sp³-hybridized carbons (Fsp3) is 0.267. The molecule has 1 saturated heterocycles. The fourth-order valence-electron chi connectivity index (χ4n) is 2.28. The van der Waals surface area contributed by atoms with E-state index in [4.69, 9.17) is 16.3 Å². The average molecular weight is 319 g/mol. The first-order valence-electron chi connectivity index (χ1n) is 6.96. The topological polar surface area (TPSA) is 67.4 Å². The Hall–Kier alpha value is -2.18. The minimum absolute atomic E-state index is 0.223. The summed E-state index contributed by atoms with van der Waals surface area (Å²) in [5.74, 6) is -0.315. The molecule has 2 heterocycles. The molecule has 0 atom stereocenters. The molecule has 1 aliphatic heterocycles. The smallest absolute Gasteiger partial charge is 0.276 e. The highest BCUT2D eigenvalue weighted by molar-refractivity contribution is 6.29. The molecule has 6 nitrogen and oxygen atoms in total. The van der Waals surface area contributed by atoms with Crippen LogP contribution in [0.15, 0.2) is 36.4 Å². The second kappa shape index (κ2) is 6.72. The first kappa shape index (κ1) is 14.7. The number of rotatable bonds is 3. The number of ether oxygens (including phenoxy) is 1. The van der Waals surface area contributed by atoms with Crippen LogP contribution >= 0.6 is 11.6 Å². The number of carbonyl (C=O) groups is 1. The Labute approximate surface area is 133 Å². The van der Waals surface area contributed by atoms with E-state index in [0.29, 0.717) is 13.2 Å². The van der Waals surface area contributed by atoms with E-state index in [2.05, 4.69) is 20.4 Å². The highest BCUT2D eigenvalue weighted by Gasteiger charge is 2.16. The van der Waals surface area contributed by atoms with Gasteiger partial charge in [-0.1, -0.05) is 23.7 Å². The summed E-state index contributed by atoms with van der Waals surface area (Å²) in [5, 5.41) is 10.6. The quantitative estimate of drug-likeness (QED) is 0.940. The molecule has 0 spiro atoms.